The number of carbonyl (C=O) groups is 1. The number of rotatable bonds is 9. The second-order valence-electron chi connectivity index (χ2n) is 11.5. The average Bonchev–Trinajstić information content (AvgIpc) is 3.27. The number of aromatic nitrogens is 2. The number of benzene rings is 2. The van der Waals surface area contributed by atoms with E-state index < -0.39 is 8.07 Å². The Morgan fingerprint density at radius 2 is 1.84 bits per heavy atom. The monoisotopic (exact) mass is 537 g/mol. The summed E-state index contributed by atoms with van der Waals surface area (Å²) in [5.41, 5.74) is 6.31. The number of carbonyl (C=O) groups excluding carboxylic acids is 1. The third kappa shape index (κ3) is 6.53. The minimum atomic E-state index is -1.13. The summed E-state index contributed by atoms with van der Waals surface area (Å²) in [6.45, 7) is 13.9. The first kappa shape index (κ1) is 28.0. The van der Waals surface area contributed by atoms with E-state index in [9.17, 15) is 9.18 Å². The van der Waals surface area contributed by atoms with Crippen molar-refractivity contribution in [3.63, 3.8) is 0 Å². The van der Waals surface area contributed by atoms with E-state index in [0.29, 0.717) is 23.8 Å². The minimum Gasteiger partial charge on any atom is -0.465 e. The summed E-state index contributed by atoms with van der Waals surface area (Å²) in [5.74, 6) is -0.204. The topological polar surface area (TPSA) is 56.6 Å². The molecule has 4 rings (SSSR count). The van der Waals surface area contributed by atoms with Gasteiger partial charge in [-0.15, -0.1) is 0 Å². The average molecular weight is 538 g/mol. The molecule has 2 aromatic carbocycles. The van der Waals surface area contributed by atoms with E-state index in [1.807, 2.05) is 24.5 Å². The van der Waals surface area contributed by atoms with E-state index in [4.69, 9.17) is 9.47 Å². The molecule has 6 nitrogen and oxygen atoms in total. The second-order valence-corrected chi connectivity index (χ2v) is 17.1. The molecule has 1 aliphatic rings. The number of nitrogens with zero attached hydrogens (tertiary/aromatic N) is 3. The fourth-order valence-corrected chi connectivity index (χ4v) is 5.91. The SMILES string of the molecule is COC(=O)c1ccc(-c2ccc(F)c(C)c2)c(N2CCC(c3c(C)ncn3COCC[Si](C)(C)C)CC2)c1. The molecule has 0 aliphatic carbocycles. The van der Waals surface area contributed by atoms with Gasteiger partial charge in [0, 0.05) is 50.6 Å². The van der Waals surface area contributed by atoms with Gasteiger partial charge in [-0.1, -0.05) is 31.8 Å². The molecule has 0 amide bonds. The maximum absolute atomic E-state index is 14.0. The normalized spacial score (nSPS) is 14.7. The molecule has 3 aromatic rings. The standard InChI is InChI=1S/C30H40FN3O3Si/c1-21-17-24(8-10-27(21)31)26-9-7-25(30(35)36-3)18-28(26)33-13-11-23(12-14-33)29-22(2)32-19-34(29)20-37-15-16-38(4,5)6/h7-10,17-19,23H,11-16,20H2,1-6H3. The van der Waals surface area contributed by atoms with Crippen LogP contribution in [-0.4, -0.2) is 50.4 Å². The van der Waals surface area contributed by atoms with E-state index in [1.165, 1.54) is 18.9 Å². The fraction of sp³-hybridized carbons (Fsp3) is 0.467. The number of hydrogen-bond acceptors (Lipinski definition) is 5. The van der Waals surface area contributed by atoms with Gasteiger partial charge in [-0.3, -0.25) is 0 Å². The lowest BCUT2D eigenvalue weighted by atomic mass is 9.90. The molecule has 0 radical (unpaired) electrons. The van der Waals surface area contributed by atoms with Gasteiger partial charge in [-0.2, -0.15) is 0 Å². The van der Waals surface area contributed by atoms with Gasteiger partial charge in [0.15, 0.2) is 0 Å². The van der Waals surface area contributed by atoms with Crippen molar-refractivity contribution in [1.82, 2.24) is 9.55 Å². The molecular formula is C30H40FN3O3Si. The van der Waals surface area contributed by atoms with Crippen molar-refractivity contribution < 1.29 is 18.7 Å². The number of esters is 1. The van der Waals surface area contributed by atoms with Crippen LogP contribution in [0.1, 0.15) is 46.1 Å². The third-order valence-electron chi connectivity index (χ3n) is 7.41. The molecule has 2 heterocycles. The van der Waals surface area contributed by atoms with E-state index in [-0.39, 0.29) is 11.8 Å². The summed E-state index contributed by atoms with van der Waals surface area (Å²) in [4.78, 5) is 19.3. The number of methoxy groups -OCH3 is 1. The number of hydrogen-bond donors (Lipinski definition) is 0. The molecule has 0 bridgehead atoms. The zero-order chi connectivity index (χ0) is 27.4. The van der Waals surface area contributed by atoms with Crippen LogP contribution in [0.3, 0.4) is 0 Å². The van der Waals surface area contributed by atoms with Gasteiger partial charge < -0.3 is 18.9 Å². The Bertz CT molecular complexity index is 1280. The first-order chi connectivity index (χ1) is 18.1. The number of imidazole rings is 1. The number of anilines is 1. The molecule has 204 valence electrons. The molecule has 0 N–H and O–H groups in total. The van der Waals surface area contributed by atoms with Gasteiger partial charge in [-0.05, 0) is 68.1 Å². The van der Waals surface area contributed by atoms with Crippen LogP contribution in [0.15, 0.2) is 42.7 Å². The Hall–Kier alpha value is -2.97. The van der Waals surface area contributed by atoms with E-state index in [2.05, 4.69) is 41.0 Å². The quantitative estimate of drug-likeness (QED) is 0.171. The highest BCUT2D eigenvalue weighted by atomic mass is 28.3. The molecule has 1 aliphatic heterocycles. The Morgan fingerprint density at radius 3 is 2.50 bits per heavy atom. The molecule has 8 heteroatoms. The van der Waals surface area contributed by atoms with Crippen molar-refractivity contribution in [2.45, 2.75) is 65.0 Å². The summed E-state index contributed by atoms with van der Waals surface area (Å²) < 4.78 is 27.2. The first-order valence-corrected chi connectivity index (χ1v) is 17.1. The lowest BCUT2D eigenvalue weighted by molar-refractivity contribution is 0.0600. The molecule has 1 saturated heterocycles. The molecule has 0 spiro atoms. The smallest absolute Gasteiger partial charge is 0.337 e. The highest BCUT2D eigenvalue weighted by Gasteiger charge is 2.27. The van der Waals surface area contributed by atoms with Crippen LogP contribution in [0.5, 0.6) is 0 Å². The van der Waals surface area contributed by atoms with Crippen LogP contribution in [0.2, 0.25) is 25.7 Å². The van der Waals surface area contributed by atoms with Gasteiger partial charge in [0.1, 0.15) is 12.5 Å². The maximum Gasteiger partial charge on any atom is 0.337 e. The zero-order valence-electron chi connectivity index (χ0n) is 23.5. The first-order valence-electron chi connectivity index (χ1n) is 13.4. The summed E-state index contributed by atoms with van der Waals surface area (Å²) in [7, 11) is 0.266. The van der Waals surface area contributed by atoms with E-state index >= 15 is 0 Å². The third-order valence-corrected chi connectivity index (χ3v) is 9.11. The minimum absolute atomic E-state index is 0.223. The van der Waals surface area contributed by atoms with Crippen molar-refractivity contribution in [2.24, 2.45) is 0 Å². The second kappa shape index (κ2) is 11.8. The summed E-state index contributed by atoms with van der Waals surface area (Å²) in [5, 5.41) is 0. The van der Waals surface area contributed by atoms with Crippen molar-refractivity contribution in [3.05, 3.63) is 71.1 Å². The van der Waals surface area contributed by atoms with Gasteiger partial charge in [0.05, 0.1) is 24.7 Å². The molecule has 1 fully saturated rings. The van der Waals surface area contributed by atoms with Gasteiger partial charge in [-0.25, -0.2) is 14.2 Å². The number of halogens is 1. The van der Waals surface area contributed by atoms with Crippen LogP contribution in [0, 0.1) is 19.7 Å². The van der Waals surface area contributed by atoms with Gasteiger partial charge in [0.2, 0.25) is 0 Å². The Morgan fingerprint density at radius 1 is 1.11 bits per heavy atom. The van der Waals surface area contributed by atoms with Crippen LogP contribution in [-0.2, 0) is 16.2 Å². The Balaban J connectivity index is 1.53. The van der Waals surface area contributed by atoms with Crippen molar-refractivity contribution >= 4 is 19.7 Å². The molecule has 0 atom stereocenters. The molecule has 38 heavy (non-hydrogen) atoms. The van der Waals surface area contributed by atoms with Gasteiger partial charge in [0.25, 0.3) is 0 Å². The van der Waals surface area contributed by atoms with Crippen LogP contribution in [0.25, 0.3) is 11.1 Å². The number of piperidine rings is 1. The maximum atomic E-state index is 14.0. The van der Waals surface area contributed by atoms with Crippen molar-refractivity contribution in [2.75, 3.05) is 31.7 Å². The van der Waals surface area contributed by atoms with Crippen molar-refractivity contribution in [1.29, 1.82) is 0 Å². The fourth-order valence-electron chi connectivity index (χ4n) is 5.15. The summed E-state index contributed by atoms with van der Waals surface area (Å²) >= 11 is 0. The van der Waals surface area contributed by atoms with Crippen LogP contribution in [0.4, 0.5) is 10.1 Å². The molecular weight excluding hydrogens is 497 g/mol. The van der Waals surface area contributed by atoms with Crippen LogP contribution >= 0.6 is 0 Å². The largest absolute Gasteiger partial charge is 0.465 e. The number of ether oxygens (including phenoxy) is 2. The van der Waals surface area contributed by atoms with Gasteiger partial charge >= 0.3 is 5.97 Å². The number of aryl methyl sites for hydroxylation is 2. The zero-order valence-corrected chi connectivity index (χ0v) is 24.5. The molecule has 0 saturated carbocycles. The van der Waals surface area contributed by atoms with E-state index in [1.54, 1.807) is 19.1 Å². The summed E-state index contributed by atoms with van der Waals surface area (Å²) in [6, 6.07) is 11.9. The lowest BCUT2D eigenvalue weighted by Crippen LogP contribution is -2.34. The predicted molar refractivity (Wildman–Crippen MR) is 153 cm³/mol. The molecule has 0 unspecified atom stereocenters. The lowest BCUT2D eigenvalue weighted by Gasteiger charge is -2.35. The highest BCUT2D eigenvalue weighted by molar-refractivity contribution is 6.76. The predicted octanol–water partition coefficient (Wildman–Crippen LogP) is 6.79. The summed E-state index contributed by atoms with van der Waals surface area (Å²) in [6.07, 6.45) is 3.83. The van der Waals surface area contributed by atoms with Crippen LogP contribution < -0.4 is 4.90 Å². The Labute approximate surface area is 226 Å². The van der Waals surface area contributed by atoms with Crippen molar-refractivity contribution in [3.8, 4) is 11.1 Å². The van der Waals surface area contributed by atoms with E-state index in [0.717, 1.165) is 61.1 Å². The highest BCUT2D eigenvalue weighted by Crippen LogP contribution is 2.38. The molecule has 1 aromatic heterocycles. The Kier molecular flexibility index (Phi) is 8.73.